The number of piperidine rings is 2. The molecule has 1 aromatic heterocycles. The minimum atomic E-state index is 0.0273. The predicted molar refractivity (Wildman–Crippen MR) is 95.6 cm³/mol. The minimum absolute atomic E-state index is 0.0273. The highest BCUT2D eigenvalue weighted by atomic mass is 16.3. The zero-order chi connectivity index (χ0) is 17.9. The molecule has 1 spiro atoms. The Bertz CT molecular complexity index is 631. The third-order valence-corrected chi connectivity index (χ3v) is 5.47. The SMILES string of the molecule is CC(=O)c1ccc(N2CCC[C@]3(CCC(=O)N(CCCO)C3)C2)nc1. The molecule has 1 aromatic rings. The average Bonchev–Trinajstić information content (AvgIpc) is 2.63. The summed E-state index contributed by atoms with van der Waals surface area (Å²) in [6.45, 7) is 4.93. The first-order valence-corrected chi connectivity index (χ1v) is 9.14. The Hall–Kier alpha value is -1.95. The summed E-state index contributed by atoms with van der Waals surface area (Å²) < 4.78 is 0. The van der Waals surface area contributed by atoms with Gasteiger partial charge in [0.1, 0.15) is 5.82 Å². The maximum atomic E-state index is 12.2. The van der Waals surface area contributed by atoms with Crippen LogP contribution in [0.4, 0.5) is 5.82 Å². The molecule has 0 unspecified atom stereocenters. The van der Waals surface area contributed by atoms with Crippen LogP contribution in [-0.4, -0.2) is 59.5 Å². The Morgan fingerprint density at radius 2 is 2.16 bits per heavy atom. The molecule has 136 valence electrons. The summed E-state index contributed by atoms with van der Waals surface area (Å²) in [6, 6.07) is 3.76. The van der Waals surface area contributed by atoms with Gasteiger partial charge in [0.15, 0.2) is 5.78 Å². The molecule has 2 aliphatic heterocycles. The molecule has 25 heavy (non-hydrogen) atoms. The number of carbonyl (C=O) groups is 2. The quantitative estimate of drug-likeness (QED) is 0.825. The number of likely N-dealkylation sites (tertiary alicyclic amines) is 1. The molecule has 3 rings (SSSR count). The van der Waals surface area contributed by atoms with Crippen molar-refractivity contribution in [3.8, 4) is 0 Å². The van der Waals surface area contributed by atoms with Crippen LogP contribution in [0.5, 0.6) is 0 Å². The minimum Gasteiger partial charge on any atom is -0.396 e. The van der Waals surface area contributed by atoms with Crippen LogP contribution in [0.3, 0.4) is 0 Å². The molecule has 0 radical (unpaired) electrons. The number of nitrogens with zero attached hydrogens (tertiary/aromatic N) is 3. The molecule has 2 aliphatic rings. The summed E-state index contributed by atoms with van der Waals surface area (Å²) in [7, 11) is 0. The molecule has 0 aromatic carbocycles. The van der Waals surface area contributed by atoms with Crippen molar-refractivity contribution in [2.24, 2.45) is 5.41 Å². The van der Waals surface area contributed by atoms with Crippen molar-refractivity contribution in [3.05, 3.63) is 23.9 Å². The topological polar surface area (TPSA) is 73.7 Å². The van der Waals surface area contributed by atoms with E-state index in [1.54, 1.807) is 13.1 Å². The van der Waals surface area contributed by atoms with E-state index < -0.39 is 0 Å². The van der Waals surface area contributed by atoms with Gasteiger partial charge in [-0.3, -0.25) is 9.59 Å². The molecular weight excluding hydrogens is 318 g/mol. The van der Waals surface area contributed by atoms with Crippen molar-refractivity contribution in [2.45, 2.75) is 39.0 Å². The highest BCUT2D eigenvalue weighted by molar-refractivity contribution is 5.93. The van der Waals surface area contributed by atoms with Crippen LogP contribution in [0.2, 0.25) is 0 Å². The molecular formula is C19H27N3O3. The Morgan fingerprint density at radius 3 is 2.84 bits per heavy atom. The molecule has 1 atom stereocenters. The van der Waals surface area contributed by atoms with Gasteiger partial charge in [-0.15, -0.1) is 0 Å². The van der Waals surface area contributed by atoms with Gasteiger partial charge in [0, 0.05) is 56.4 Å². The third kappa shape index (κ3) is 4.00. The van der Waals surface area contributed by atoms with Gasteiger partial charge >= 0.3 is 0 Å². The van der Waals surface area contributed by atoms with Crippen LogP contribution in [0.1, 0.15) is 49.4 Å². The number of anilines is 1. The fraction of sp³-hybridized carbons (Fsp3) is 0.632. The number of ketones is 1. The van der Waals surface area contributed by atoms with E-state index in [-0.39, 0.29) is 23.7 Å². The van der Waals surface area contributed by atoms with Gasteiger partial charge in [0.25, 0.3) is 0 Å². The van der Waals surface area contributed by atoms with Gasteiger partial charge in [-0.05, 0) is 44.7 Å². The zero-order valence-electron chi connectivity index (χ0n) is 14.9. The largest absolute Gasteiger partial charge is 0.396 e. The Labute approximate surface area is 148 Å². The lowest BCUT2D eigenvalue weighted by Crippen LogP contribution is -2.54. The maximum absolute atomic E-state index is 12.2. The first-order valence-electron chi connectivity index (χ1n) is 9.14. The third-order valence-electron chi connectivity index (χ3n) is 5.47. The second-order valence-electron chi connectivity index (χ2n) is 7.38. The molecule has 2 fully saturated rings. The van der Waals surface area contributed by atoms with Crippen molar-refractivity contribution < 1.29 is 14.7 Å². The second-order valence-corrected chi connectivity index (χ2v) is 7.38. The van der Waals surface area contributed by atoms with Gasteiger partial charge in [0.05, 0.1) is 0 Å². The molecule has 0 saturated carbocycles. The van der Waals surface area contributed by atoms with Crippen LogP contribution in [0, 0.1) is 5.41 Å². The van der Waals surface area contributed by atoms with E-state index in [0.29, 0.717) is 24.9 Å². The molecule has 6 heteroatoms. The van der Waals surface area contributed by atoms with E-state index in [1.165, 1.54) is 0 Å². The molecule has 6 nitrogen and oxygen atoms in total. The van der Waals surface area contributed by atoms with Gasteiger partial charge in [-0.1, -0.05) is 0 Å². The predicted octanol–water partition coefficient (Wildman–Crippen LogP) is 1.88. The number of hydrogen-bond acceptors (Lipinski definition) is 5. The first kappa shape index (κ1) is 17.9. The summed E-state index contributed by atoms with van der Waals surface area (Å²) in [6.07, 6.45) is 6.01. The second kappa shape index (κ2) is 7.52. The average molecular weight is 345 g/mol. The number of aromatic nitrogens is 1. The Kier molecular flexibility index (Phi) is 5.37. The Balaban J connectivity index is 1.71. The number of hydrogen-bond donors (Lipinski definition) is 1. The van der Waals surface area contributed by atoms with Gasteiger partial charge in [-0.2, -0.15) is 0 Å². The summed E-state index contributed by atoms with van der Waals surface area (Å²) in [5, 5.41) is 9.06. The van der Waals surface area contributed by atoms with E-state index in [2.05, 4.69) is 9.88 Å². The fourth-order valence-electron chi connectivity index (χ4n) is 4.09. The van der Waals surface area contributed by atoms with Crippen molar-refractivity contribution in [1.82, 2.24) is 9.88 Å². The molecule has 1 amide bonds. The summed E-state index contributed by atoms with van der Waals surface area (Å²) in [5.74, 6) is 1.14. The van der Waals surface area contributed by atoms with E-state index in [0.717, 1.165) is 44.7 Å². The van der Waals surface area contributed by atoms with Gasteiger partial charge in [-0.25, -0.2) is 4.98 Å². The molecule has 0 bridgehead atoms. The van der Waals surface area contributed by atoms with Crippen molar-refractivity contribution in [2.75, 3.05) is 37.7 Å². The van der Waals surface area contributed by atoms with Crippen LogP contribution in [0.25, 0.3) is 0 Å². The zero-order valence-corrected chi connectivity index (χ0v) is 14.9. The number of Topliss-reactive ketones (excluding diaryl/α,β-unsaturated/α-hetero) is 1. The van der Waals surface area contributed by atoms with Crippen molar-refractivity contribution in [3.63, 3.8) is 0 Å². The van der Waals surface area contributed by atoms with Crippen LogP contribution in [0.15, 0.2) is 18.3 Å². The van der Waals surface area contributed by atoms with Crippen LogP contribution < -0.4 is 4.90 Å². The Morgan fingerprint density at radius 1 is 1.32 bits per heavy atom. The highest BCUT2D eigenvalue weighted by Gasteiger charge is 2.41. The number of pyridine rings is 1. The summed E-state index contributed by atoms with van der Waals surface area (Å²) in [5.41, 5.74) is 0.747. The molecule has 3 heterocycles. The van der Waals surface area contributed by atoms with E-state index in [9.17, 15) is 9.59 Å². The van der Waals surface area contributed by atoms with E-state index >= 15 is 0 Å². The maximum Gasteiger partial charge on any atom is 0.222 e. The molecule has 0 aliphatic carbocycles. The first-order chi connectivity index (χ1) is 12.0. The fourth-order valence-corrected chi connectivity index (χ4v) is 4.09. The van der Waals surface area contributed by atoms with E-state index in [1.807, 2.05) is 17.0 Å². The number of rotatable bonds is 5. The monoisotopic (exact) mass is 345 g/mol. The number of aliphatic hydroxyl groups excluding tert-OH is 1. The lowest BCUT2D eigenvalue weighted by Gasteiger charge is -2.48. The lowest BCUT2D eigenvalue weighted by atomic mass is 9.73. The van der Waals surface area contributed by atoms with Crippen molar-refractivity contribution >= 4 is 17.5 Å². The van der Waals surface area contributed by atoms with E-state index in [4.69, 9.17) is 5.11 Å². The molecule has 1 N–H and O–H groups in total. The number of aliphatic hydroxyl groups is 1. The smallest absolute Gasteiger partial charge is 0.222 e. The molecule has 2 saturated heterocycles. The highest BCUT2D eigenvalue weighted by Crippen LogP contribution is 2.39. The normalized spacial score (nSPS) is 24.0. The summed E-state index contributed by atoms with van der Waals surface area (Å²) in [4.78, 5) is 32.3. The standard InChI is InChI=1S/C19H27N3O3/c1-15(24)16-4-5-17(20-12-16)21-9-2-7-19(13-21)8-6-18(25)22(14-19)10-3-11-23/h4-5,12,23H,2-3,6-11,13-14H2,1H3/t19-/m0/s1. The number of carbonyl (C=O) groups excluding carboxylic acids is 2. The number of amides is 1. The van der Waals surface area contributed by atoms with Crippen LogP contribution >= 0.6 is 0 Å². The van der Waals surface area contributed by atoms with Gasteiger partial charge in [0.2, 0.25) is 5.91 Å². The summed E-state index contributed by atoms with van der Waals surface area (Å²) >= 11 is 0. The van der Waals surface area contributed by atoms with Crippen LogP contribution in [-0.2, 0) is 4.79 Å². The van der Waals surface area contributed by atoms with Crippen molar-refractivity contribution in [1.29, 1.82) is 0 Å². The van der Waals surface area contributed by atoms with Gasteiger partial charge < -0.3 is 14.9 Å². The lowest BCUT2D eigenvalue weighted by molar-refractivity contribution is -0.138.